The van der Waals surface area contributed by atoms with Crippen molar-refractivity contribution in [2.24, 2.45) is 0 Å². The van der Waals surface area contributed by atoms with E-state index in [4.69, 9.17) is 9.47 Å². The van der Waals surface area contributed by atoms with Gasteiger partial charge in [0.05, 0.1) is 19.4 Å². The molecule has 2 aromatic carbocycles. The van der Waals surface area contributed by atoms with Gasteiger partial charge in [-0.2, -0.15) is 0 Å². The van der Waals surface area contributed by atoms with Gasteiger partial charge in [0.15, 0.2) is 0 Å². The lowest BCUT2D eigenvalue weighted by Gasteiger charge is -2.24. The van der Waals surface area contributed by atoms with Crippen LogP contribution < -0.4 is 9.47 Å². The lowest BCUT2D eigenvalue weighted by Crippen LogP contribution is -2.32. The average molecular weight is 357 g/mol. The topological polar surface area (TPSA) is 38.8 Å². The smallest absolute Gasteiger partial charge is 0.233 e. The van der Waals surface area contributed by atoms with Gasteiger partial charge in [-0.15, -0.1) is 11.8 Å². The maximum atomic E-state index is 12.2. The van der Waals surface area contributed by atoms with Crippen LogP contribution in [0.25, 0.3) is 0 Å². The lowest BCUT2D eigenvalue weighted by atomic mass is 10.1. The Morgan fingerprint density at radius 3 is 2.40 bits per heavy atom. The minimum atomic E-state index is 0.0814. The van der Waals surface area contributed by atoms with E-state index in [0.29, 0.717) is 18.9 Å². The number of methoxy groups -OCH3 is 1. The molecule has 1 amide bonds. The summed E-state index contributed by atoms with van der Waals surface area (Å²) < 4.78 is 10.9. The van der Waals surface area contributed by atoms with Crippen molar-refractivity contribution in [2.75, 3.05) is 26.0 Å². The molecular weight excluding hydrogens is 334 g/mol. The molecule has 1 heterocycles. The summed E-state index contributed by atoms with van der Waals surface area (Å²) in [7, 11) is 1.64. The van der Waals surface area contributed by atoms with Crippen molar-refractivity contribution in [1.29, 1.82) is 0 Å². The number of rotatable bonds is 7. The SMILES string of the molecule is CCc1ccc(C2SCC(=O)N2CCOc2ccc(OC)cc2)cc1. The number of nitrogens with zero attached hydrogens (tertiary/aromatic N) is 1. The Morgan fingerprint density at radius 2 is 1.76 bits per heavy atom. The van der Waals surface area contributed by atoms with Crippen LogP contribution in [-0.4, -0.2) is 36.8 Å². The second-order valence-corrected chi connectivity index (χ2v) is 6.94. The molecule has 0 radical (unpaired) electrons. The third-order valence-electron chi connectivity index (χ3n) is 4.30. The van der Waals surface area contributed by atoms with Gasteiger partial charge in [0.1, 0.15) is 23.5 Å². The Balaban J connectivity index is 1.59. The van der Waals surface area contributed by atoms with Gasteiger partial charge in [0.2, 0.25) is 5.91 Å². The van der Waals surface area contributed by atoms with E-state index in [1.54, 1.807) is 18.9 Å². The fourth-order valence-corrected chi connectivity index (χ4v) is 4.04. The third kappa shape index (κ3) is 4.28. The molecule has 1 fully saturated rings. The predicted molar refractivity (Wildman–Crippen MR) is 101 cm³/mol. The molecule has 2 aromatic rings. The summed E-state index contributed by atoms with van der Waals surface area (Å²) in [6.45, 7) is 3.20. The zero-order chi connectivity index (χ0) is 17.6. The van der Waals surface area contributed by atoms with Gasteiger partial charge in [0.25, 0.3) is 0 Å². The Kier molecular flexibility index (Phi) is 5.87. The summed E-state index contributed by atoms with van der Waals surface area (Å²) >= 11 is 1.68. The van der Waals surface area contributed by atoms with Gasteiger partial charge < -0.3 is 14.4 Å². The largest absolute Gasteiger partial charge is 0.497 e. The van der Waals surface area contributed by atoms with Crippen molar-refractivity contribution in [3.05, 3.63) is 59.7 Å². The van der Waals surface area contributed by atoms with Crippen LogP contribution in [0.3, 0.4) is 0 Å². The molecule has 0 N–H and O–H groups in total. The first-order valence-electron chi connectivity index (χ1n) is 8.48. The van der Waals surface area contributed by atoms with Crippen molar-refractivity contribution >= 4 is 17.7 Å². The molecular formula is C20H23NO3S. The standard InChI is InChI=1S/C20H23NO3S/c1-3-15-4-6-16(7-5-15)20-21(19(22)14-25-20)12-13-24-18-10-8-17(23-2)9-11-18/h4-11,20H,3,12-14H2,1-2H3. The lowest BCUT2D eigenvalue weighted by molar-refractivity contribution is -0.128. The maximum absolute atomic E-state index is 12.2. The number of ether oxygens (including phenoxy) is 2. The molecule has 1 aliphatic rings. The third-order valence-corrected chi connectivity index (χ3v) is 5.56. The van der Waals surface area contributed by atoms with Crippen LogP contribution >= 0.6 is 11.8 Å². The number of carbonyl (C=O) groups excluding carboxylic acids is 1. The number of carbonyl (C=O) groups is 1. The van der Waals surface area contributed by atoms with E-state index in [1.807, 2.05) is 29.2 Å². The van der Waals surface area contributed by atoms with E-state index in [2.05, 4.69) is 31.2 Å². The predicted octanol–water partition coefficient (Wildman–Crippen LogP) is 3.91. The molecule has 1 saturated heterocycles. The van der Waals surface area contributed by atoms with Gasteiger partial charge in [-0.1, -0.05) is 31.2 Å². The zero-order valence-electron chi connectivity index (χ0n) is 14.6. The summed E-state index contributed by atoms with van der Waals surface area (Å²) in [6.07, 6.45) is 1.02. The number of aryl methyl sites for hydroxylation is 1. The van der Waals surface area contributed by atoms with Gasteiger partial charge >= 0.3 is 0 Å². The van der Waals surface area contributed by atoms with Gasteiger partial charge in [-0.25, -0.2) is 0 Å². The molecule has 0 spiro atoms. The number of hydrogen-bond acceptors (Lipinski definition) is 4. The highest BCUT2D eigenvalue weighted by atomic mass is 32.2. The summed E-state index contributed by atoms with van der Waals surface area (Å²) in [5, 5.41) is 0.0814. The first kappa shape index (κ1) is 17.7. The second kappa shape index (κ2) is 8.30. The molecule has 1 unspecified atom stereocenters. The highest BCUT2D eigenvalue weighted by Gasteiger charge is 2.32. The van der Waals surface area contributed by atoms with Crippen LogP contribution in [0.2, 0.25) is 0 Å². The maximum Gasteiger partial charge on any atom is 0.233 e. The van der Waals surface area contributed by atoms with E-state index in [1.165, 1.54) is 11.1 Å². The Labute approximate surface area is 153 Å². The van der Waals surface area contributed by atoms with Crippen molar-refractivity contribution in [2.45, 2.75) is 18.7 Å². The van der Waals surface area contributed by atoms with Crippen molar-refractivity contribution in [3.8, 4) is 11.5 Å². The normalized spacial score (nSPS) is 17.0. The van der Waals surface area contributed by atoms with Crippen LogP contribution in [0, 0.1) is 0 Å². The molecule has 25 heavy (non-hydrogen) atoms. The van der Waals surface area contributed by atoms with E-state index in [9.17, 15) is 4.79 Å². The highest BCUT2D eigenvalue weighted by molar-refractivity contribution is 8.00. The van der Waals surface area contributed by atoms with Crippen LogP contribution in [0.4, 0.5) is 0 Å². The first-order chi connectivity index (χ1) is 12.2. The Hall–Kier alpha value is -2.14. The van der Waals surface area contributed by atoms with Crippen molar-refractivity contribution < 1.29 is 14.3 Å². The van der Waals surface area contributed by atoms with Gasteiger partial charge in [-0.3, -0.25) is 4.79 Å². The molecule has 0 aliphatic carbocycles. The minimum Gasteiger partial charge on any atom is -0.497 e. The highest BCUT2D eigenvalue weighted by Crippen LogP contribution is 2.38. The molecule has 5 heteroatoms. The number of amides is 1. The van der Waals surface area contributed by atoms with E-state index >= 15 is 0 Å². The number of benzene rings is 2. The monoisotopic (exact) mass is 357 g/mol. The van der Waals surface area contributed by atoms with E-state index < -0.39 is 0 Å². The van der Waals surface area contributed by atoms with Crippen LogP contribution in [0.5, 0.6) is 11.5 Å². The van der Waals surface area contributed by atoms with Crippen molar-refractivity contribution in [3.63, 3.8) is 0 Å². The Morgan fingerprint density at radius 1 is 1.08 bits per heavy atom. The molecule has 1 atom stereocenters. The fraction of sp³-hybridized carbons (Fsp3) is 0.350. The summed E-state index contributed by atoms with van der Waals surface area (Å²) in [5.41, 5.74) is 2.49. The van der Waals surface area contributed by atoms with Crippen molar-refractivity contribution in [1.82, 2.24) is 4.90 Å². The van der Waals surface area contributed by atoms with Crippen LogP contribution in [0.15, 0.2) is 48.5 Å². The summed E-state index contributed by atoms with van der Waals surface area (Å²) in [4.78, 5) is 14.2. The summed E-state index contributed by atoms with van der Waals surface area (Å²) in [5.74, 6) is 2.29. The van der Waals surface area contributed by atoms with E-state index in [0.717, 1.165) is 17.9 Å². The molecule has 0 saturated carbocycles. The Bertz CT molecular complexity index is 700. The molecule has 0 bridgehead atoms. The van der Waals surface area contributed by atoms with Gasteiger partial charge in [-0.05, 0) is 41.8 Å². The minimum absolute atomic E-state index is 0.0814. The molecule has 0 aromatic heterocycles. The zero-order valence-corrected chi connectivity index (χ0v) is 15.4. The number of hydrogen-bond donors (Lipinski definition) is 0. The molecule has 132 valence electrons. The quantitative estimate of drug-likeness (QED) is 0.753. The fourth-order valence-electron chi connectivity index (χ4n) is 2.82. The average Bonchev–Trinajstić information content (AvgIpc) is 3.03. The number of thioether (sulfide) groups is 1. The first-order valence-corrected chi connectivity index (χ1v) is 9.53. The van der Waals surface area contributed by atoms with Crippen LogP contribution in [0.1, 0.15) is 23.4 Å². The van der Waals surface area contributed by atoms with Gasteiger partial charge in [0, 0.05) is 0 Å². The van der Waals surface area contributed by atoms with E-state index in [-0.39, 0.29) is 11.3 Å². The summed E-state index contributed by atoms with van der Waals surface area (Å²) in [6, 6.07) is 16.0. The molecule has 4 nitrogen and oxygen atoms in total. The van der Waals surface area contributed by atoms with Crippen LogP contribution in [-0.2, 0) is 11.2 Å². The second-order valence-electron chi connectivity index (χ2n) is 5.87. The molecule has 1 aliphatic heterocycles. The molecule has 3 rings (SSSR count).